The second-order valence-electron chi connectivity index (χ2n) is 8.11. The summed E-state index contributed by atoms with van der Waals surface area (Å²) in [6.45, 7) is 2.41. The Hall–Kier alpha value is -4.06. The van der Waals surface area contributed by atoms with E-state index in [2.05, 4.69) is 0 Å². The number of fused-ring (bicyclic) bond motifs is 3. The number of amides is 1. The number of ether oxygens (including phenoxy) is 2. The molecule has 1 amide bonds. The lowest BCUT2D eigenvalue weighted by molar-refractivity contribution is 0.0714. The molecule has 0 radical (unpaired) electrons. The fraction of sp³-hybridized carbons (Fsp3) is 0.154. The molecule has 0 spiro atoms. The molecule has 0 N–H and O–H groups in total. The predicted molar refractivity (Wildman–Crippen MR) is 118 cm³/mol. The minimum absolute atomic E-state index is 0.112. The van der Waals surface area contributed by atoms with Crippen LogP contribution in [-0.2, 0) is 6.54 Å². The fourth-order valence-corrected chi connectivity index (χ4v) is 4.52. The van der Waals surface area contributed by atoms with Crippen LogP contribution >= 0.6 is 0 Å². The first-order chi connectivity index (χ1) is 15.6. The zero-order valence-corrected chi connectivity index (χ0v) is 17.3. The first-order valence-electron chi connectivity index (χ1n) is 10.4. The quantitative estimate of drug-likeness (QED) is 0.481. The van der Waals surface area contributed by atoms with Gasteiger partial charge < -0.3 is 18.8 Å². The zero-order valence-electron chi connectivity index (χ0n) is 17.3. The summed E-state index contributed by atoms with van der Waals surface area (Å²) in [5, 5.41) is 0.488. The molecular formula is C26H19NO5. The Balaban J connectivity index is 1.52. The molecule has 0 saturated carbocycles. The van der Waals surface area contributed by atoms with Crippen LogP contribution in [0.1, 0.15) is 38.9 Å². The molecule has 1 unspecified atom stereocenters. The van der Waals surface area contributed by atoms with Crippen molar-refractivity contribution in [1.29, 1.82) is 0 Å². The Morgan fingerprint density at radius 3 is 2.59 bits per heavy atom. The summed E-state index contributed by atoms with van der Waals surface area (Å²) in [7, 11) is 0. The lowest BCUT2D eigenvalue weighted by Crippen LogP contribution is -2.29. The summed E-state index contributed by atoms with van der Waals surface area (Å²) in [6, 6.07) is 20.1. The maximum absolute atomic E-state index is 13.6. The number of aryl methyl sites for hydroxylation is 1. The summed E-state index contributed by atoms with van der Waals surface area (Å²) in [5.41, 5.74) is 3.34. The van der Waals surface area contributed by atoms with Gasteiger partial charge >= 0.3 is 0 Å². The highest BCUT2D eigenvalue weighted by Crippen LogP contribution is 2.40. The number of hydrogen-bond donors (Lipinski definition) is 0. The molecule has 6 nitrogen and oxygen atoms in total. The van der Waals surface area contributed by atoms with E-state index in [1.807, 2.05) is 67.6 Å². The van der Waals surface area contributed by atoms with E-state index in [1.54, 1.807) is 11.0 Å². The smallest absolute Gasteiger partial charge is 0.291 e. The van der Waals surface area contributed by atoms with Gasteiger partial charge in [0.25, 0.3) is 5.91 Å². The Kier molecular flexibility index (Phi) is 4.08. The van der Waals surface area contributed by atoms with Gasteiger partial charge in [-0.25, -0.2) is 0 Å². The topological polar surface area (TPSA) is 69.0 Å². The van der Waals surface area contributed by atoms with E-state index < -0.39 is 6.04 Å². The van der Waals surface area contributed by atoms with Gasteiger partial charge in [-0.15, -0.1) is 0 Å². The van der Waals surface area contributed by atoms with Gasteiger partial charge in [0.1, 0.15) is 5.58 Å². The SMILES string of the molecule is Cc1ccc2oc3c(c(=O)c2c1)C(c1ccccc1)N(Cc1ccc2c(c1)OCO2)C3=O. The van der Waals surface area contributed by atoms with E-state index in [-0.39, 0.29) is 23.9 Å². The summed E-state index contributed by atoms with van der Waals surface area (Å²) in [6.07, 6.45) is 0. The van der Waals surface area contributed by atoms with E-state index in [0.717, 1.165) is 16.7 Å². The van der Waals surface area contributed by atoms with Gasteiger partial charge in [-0.1, -0.05) is 48.0 Å². The molecule has 0 saturated heterocycles. The summed E-state index contributed by atoms with van der Waals surface area (Å²) < 4.78 is 16.9. The zero-order chi connectivity index (χ0) is 21.8. The Morgan fingerprint density at radius 1 is 0.938 bits per heavy atom. The van der Waals surface area contributed by atoms with Crippen molar-refractivity contribution in [2.24, 2.45) is 0 Å². The predicted octanol–water partition coefficient (Wildman–Crippen LogP) is 4.58. The number of carbonyl (C=O) groups excluding carboxylic acids is 1. The highest BCUT2D eigenvalue weighted by molar-refractivity contribution is 5.99. The van der Waals surface area contributed by atoms with E-state index in [9.17, 15) is 9.59 Å². The van der Waals surface area contributed by atoms with E-state index in [0.29, 0.717) is 34.6 Å². The van der Waals surface area contributed by atoms with Gasteiger partial charge in [-0.05, 0) is 42.3 Å². The first kappa shape index (κ1) is 18.7. The summed E-state index contributed by atoms with van der Waals surface area (Å²) in [4.78, 5) is 28.8. The Labute approximate surface area is 183 Å². The number of rotatable bonds is 3. The highest BCUT2D eigenvalue weighted by atomic mass is 16.7. The van der Waals surface area contributed by atoms with E-state index >= 15 is 0 Å². The maximum Gasteiger partial charge on any atom is 0.291 e. The van der Waals surface area contributed by atoms with E-state index in [1.165, 1.54) is 0 Å². The molecule has 3 heterocycles. The van der Waals surface area contributed by atoms with Crippen molar-refractivity contribution in [3.8, 4) is 11.5 Å². The molecule has 2 aliphatic heterocycles. The third kappa shape index (κ3) is 2.80. The average Bonchev–Trinajstić information content (AvgIpc) is 3.38. The van der Waals surface area contributed by atoms with Crippen LogP contribution in [0.3, 0.4) is 0 Å². The van der Waals surface area contributed by atoms with E-state index in [4.69, 9.17) is 13.9 Å². The number of nitrogens with zero attached hydrogens (tertiary/aromatic N) is 1. The molecule has 0 bridgehead atoms. The summed E-state index contributed by atoms with van der Waals surface area (Å²) in [5.74, 6) is 1.15. The number of benzene rings is 3. The van der Waals surface area contributed by atoms with Gasteiger partial charge in [-0.3, -0.25) is 9.59 Å². The van der Waals surface area contributed by atoms with Crippen molar-refractivity contribution in [3.63, 3.8) is 0 Å². The van der Waals surface area contributed by atoms with Gasteiger partial charge in [0.2, 0.25) is 12.6 Å². The van der Waals surface area contributed by atoms with Crippen LogP contribution in [0.25, 0.3) is 11.0 Å². The molecule has 0 fully saturated rings. The van der Waals surface area contributed by atoms with Gasteiger partial charge in [0, 0.05) is 6.54 Å². The van der Waals surface area contributed by atoms with Crippen LogP contribution in [0.5, 0.6) is 11.5 Å². The molecule has 4 aromatic rings. The van der Waals surface area contributed by atoms with Crippen LogP contribution < -0.4 is 14.9 Å². The molecule has 0 aliphatic carbocycles. The lowest BCUT2D eigenvalue weighted by Gasteiger charge is -2.25. The van der Waals surface area contributed by atoms with Crippen LogP contribution in [0, 0.1) is 6.92 Å². The number of carbonyl (C=O) groups is 1. The molecular weight excluding hydrogens is 406 g/mol. The van der Waals surface area contributed by atoms with Crippen molar-refractivity contribution in [2.45, 2.75) is 19.5 Å². The molecule has 3 aromatic carbocycles. The molecule has 6 heteroatoms. The maximum atomic E-state index is 13.6. The standard InChI is InChI=1S/C26H19NO5/c1-15-7-9-19-18(11-15)24(28)22-23(17-5-3-2-4-6-17)27(26(29)25(22)32-19)13-16-8-10-20-21(12-16)31-14-30-20/h2-12,23H,13-14H2,1H3. The minimum Gasteiger partial charge on any atom is -0.454 e. The van der Waals surface area contributed by atoms with Crippen molar-refractivity contribution >= 4 is 16.9 Å². The number of hydrogen-bond acceptors (Lipinski definition) is 5. The van der Waals surface area contributed by atoms with Crippen LogP contribution in [0.4, 0.5) is 0 Å². The fourth-order valence-electron chi connectivity index (χ4n) is 4.52. The molecule has 1 atom stereocenters. The molecule has 6 rings (SSSR count). The van der Waals surface area contributed by atoms with Gasteiger partial charge in [0.05, 0.1) is 17.0 Å². The van der Waals surface area contributed by atoms with Gasteiger partial charge in [0.15, 0.2) is 16.9 Å². The van der Waals surface area contributed by atoms with Crippen molar-refractivity contribution < 1.29 is 18.7 Å². The highest BCUT2D eigenvalue weighted by Gasteiger charge is 2.42. The Bertz CT molecular complexity index is 1440. The van der Waals surface area contributed by atoms with Gasteiger partial charge in [-0.2, -0.15) is 0 Å². The molecule has 158 valence electrons. The minimum atomic E-state index is -0.537. The molecule has 2 aliphatic rings. The third-order valence-corrected chi connectivity index (χ3v) is 6.03. The van der Waals surface area contributed by atoms with Crippen LogP contribution in [-0.4, -0.2) is 17.6 Å². The largest absolute Gasteiger partial charge is 0.454 e. The summed E-state index contributed by atoms with van der Waals surface area (Å²) >= 11 is 0. The molecule has 1 aromatic heterocycles. The van der Waals surface area contributed by atoms with Crippen LogP contribution in [0.2, 0.25) is 0 Å². The van der Waals surface area contributed by atoms with Crippen molar-refractivity contribution in [2.75, 3.05) is 6.79 Å². The third-order valence-electron chi connectivity index (χ3n) is 6.03. The monoisotopic (exact) mass is 425 g/mol. The van der Waals surface area contributed by atoms with Crippen molar-refractivity contribution in [1.82, 2.24) is 4.90 Å². The normalized spacial score (nSPS) is 16.6. The second-order valence-corrected chi connectivity index (χ2v) is 8.11. The lowest BCUT2D eigenvalue weighted by atomic mass is 9.98. The van der Waals surface area contributed by atoms with Crippen LogP contribution in [0.15, 0.2) is 75.9 Å². The molecule has 32 heavy (non-hydrogen) atoms. The Morgan fingerprint density at radius 2 is 1.75 bits per heavy atom. The average molecular weight is 425 g/mol. The van der Waals surface area contributed by atoms with Crippen molar-refractivity contribution in [3.05, 3.63) is 105 Å². The first-order valence-corrected chi connectivity index (χ1v) is 10.4. The second kappa shape index (κ2) is 6.99.